The van der Waals surface area contributed by atoms with Gasteiger partial charge in [-0.25, -0.2) is 28.9 Å². The number of phosphoric ester groups is 2. The second-order valence-corrected chi connectivity index (χ2v) is 15.5. The van der Waals surface area contributed by atoms with Crippen molar-refractivity contribution in [3.63, 3.8) is 0 Å². The van der Waals surface area contributed by atoms with Crippen LogP contribution in [-0.4, -0.2) is 123 Å². The Bertz CT molecular complexity index is 2490. The van der Waals surface area contributed by atoms with Gasteiger partial charge < -0.3 is 45.8 Å². The van der Waals surface area contributed by atoms with Gasteiger partial charge in [-0.2, -0.15) is 19.0 Å². The van der Waals surface area contributed by atoms with Crippen LogP contribution in [0.5, 0.6) is 0 Å². The number of nitrogen functional groups attached to an aromatic ring is 1. The average molecular weight is 800 g/mol. The summed E-state index contributed by atoms with van der Waals surface area (Å²) in [6.45, 7) is 3.43. The first-order valence-corrected chi connectivity index (χ1v) is 18.7. The van der Waals surface area contributed by atoms with Crippen LogP contribution in [0.2, 0.25) is 0 Å². The molecule has 27 heteroatoms. The Morgan fingerprint density at radius 3 is 2.57 bits per heavy atom. The smallest absolute Gasteiger partial charge is 0.388 e. The van der Waals surface area contributed by atoms with Gasteiger partial charge in [-0.15, -0.1) is 0 Å². The molecule has 2 saturated heterocycles. The number of anilines is 3. The summed E-state index contributed by atoms with van der Waals surface area (Å²) in [4.78, 5) is 63.0. The molecule has 0 radical (unpaired) electrons. The minimum Gasteiger partial charge on any atom is -0.388 e. The maximum atomic E-state index is 12.6. The van der Waals surface area contributed by atoms with Gasteiger partial charge in [0.05, 0.1) is 13.2 Å². The van der Waals surface area contributed by atoms with E-state index in [1.807, 2.05) is 4.98 Å². The van der Waals surface area contributed by atoms with Gasteiger partial charge in [-0.05, 0) is 29.8 Å². The molecule has 2 fully saturated rings. The number of phosphoric acid groups is 2. The fourth-order valence-electron chi connectivity index (χ4n) is 5.97. The zero-order valence-electron chi connectivity index (χ0n) is 27.6. The molecule has 0 aliphatic carbocycles. The van der Waals surface area contributed by atoms with Crippen molar-refractivity contribution >= 4 is 61.7 Å². The number of hydrazine groups is 1. The largest absolute Gasteiger partial charge is 0.481 e. The SMILES string of the molecule is C=c1cc2c(cc1C)nc1c(=O)[nH]c(=O)[nH]c1/[n+]2=C/[C@H](O)[C@H](O)[C@H](O)COP(=O)(O)OP(=O)(O)OC[C@H]1O[C@@H](N2c3ncnc(N)c3N3N[C@H]32)[C@H](O)[C@@H]1O. The topological polar surface area (TPSA) is 377 Å². The van der Waals surface area contributed by atoms with Gasteiger partial charge in [-0.3, -0.25) is 28.7 Å². The fourth-order valence-corrected chi connectivity index (χ4v) is 8.07. The van der Waals surface area contributed by atoms with E-state index in [2.05, 4.69) is 40.8 Å². The summed E-state index contributed by atoms with van der Waals surface area (Å²) in [5.74, 6) is 0.396. The molecule has 0 spiro atoms. The normalized spacial score (nSPS) is 26.4. The van der Waals surface area contributed by atoms with E-state index in [1.165, 1.54) is 17.3 Å². The number of hydrogen-bond acceptors (Lipinski definition) is 20. The minimum atomic E-state index is -5.55. The Morgan fingerprint density at radius 2 is 1.83 bits per heavy atom. The molecule has 7 rings (SSSR count). The number of ether oxygens (including phenoxy) is 1. The number of aryl methyl sites for hydroxylation is 1. The minimum absolute atomic E-state index is 0.128. The maximum Gasteiger partial charge on any atom is 0.481 e. The van der Waals surface area contributed by atoms with E-state index in [0.29, 0.717) is 16.5 Å². The molecule has 6 heterocycles. The molecule has 25 nitrogen and oxygen atoms in total. The Labute approximate surface area is 300 Å². The average Bonchev–Trinajstić information content (AvgIpc) is 3.72. The molecule has 3 aliphatic rings. The summed E-state index contributed by atoms with van der Waals surface area (Å²) in [6.07, 6.45) is -10.8. The number of nitrogens with one attached hydrogen (secondary N) is 3. The van der Waals surface area contributed by atoms with Crippen LogP contribution >= 0.6 is 15.6 Å². The quantitative estimate of drug-likeness (QED) is 0.0277. The van der Waals surface area contributed by atoms with Gasteiger partial charge >= 0.3 is 27.0 Å². The number of aromatic nitrogens is 6. The number of hydrogen-bond donors (Lipinski definition) is 11. The number of rotatable bonds is 12. The highest BCUT2D eigenvalue weighted by Gasteiger charge is 2.58. The molecule has 3 aromatic heterocycles. The number of aliphatic hydroxyl groups is 5. The molecule has 0 bridgehead atoms. The van der Waals surface area contributed by atoms with Crippen molar-refractivity contribution in [2.75, 3.05) is 28.9 Å². The summed E-state index contributed by atoms with van der Waals surface area (Å²) in [5, 5.41) is 55.3. The van der Waals surface area contributed by atoms with E-state index in [-0.39, 0.29) is 33.8 Å². The predicted molar refractivity (Wildman–Crippen MR) is 180 cm³/mol. The zero-order valence-corrected chi connectivity index (χ0v) is 29.4. The molecule has 10 atom stereocenters. The second kappa shape index (κ2) is 13.8. The third-order valence-electron chi connectivity index (χ3n) is 8.75. The first-order chi connectivity index (χ1) is 25.4. The lowest BCUT2D eigenvalue weighted by atomic mass is 10.1. The van der Waals surface area contributed by atoms with Crippen molar-refractivity contribution in [1.29, 1.82) is 0 Å². The monoisotopic (exact) mass is 799 g/mol. The van der Waals surface area contributed by atoms with Crippen molar-refractivity contribution in [2.24, 2.45) is 0 Å². The number of aromatic amines is 2. The molecule has 54 heavy (non-hydrogen) atoms. The Hall–Kier alpha value is -4.30. The van der Waals surface area contributed by atoms with Crippen molar-refractivity contribution in [2.45, 2.75) is 56.1 Å². The van der Waals surface area contributed by atoms with Crippen LogP contribution in [0.1, 0.15) is 5.56 Å². The molecule has 0 amide bonds. The van der Waals surface area contributed by atoms with Crippen molar-refractivity contribution in [1.82, 2.24) is 30.3 Å². The summed E-state index contributed by atoms with van der Waals surface area (Å²) in [5.41, 5.74) is 8.16. The number of fused-ring (bicyclic) bond motifs is 5. The Morgan fingerprint density at radius 1 is 1.11 bits per heavy atom. The van der Waals surface area contributed by atoms with Crippen LogP contribution in [0.25, 0.3) is 28.8 Å². The van der Waals surface area contributed by atoms with Gasteiger partial charge in [0.1, 0.15) is 60.4 Å². The van der Waals surface area contributed by atoms with Crippen LogP contribution in [0, 0.1) is 13.1 Å². The van der Waals surface area contributed by atoms with Gasteiger partial charge in [0.25, 0.3) is 5.56 Å². The van der Waals surface area contributed by atoms with Crippen molar-refractivity contribution < 1.29 is 66.8 Å². The third-order valence-corrected chi connectivity index (χ3v) is 11.4. The summed E-state index contributed by atoms with van der Waals surface area (Å²) in [7, 11) is -11.0. The Kier molecular flexibility index (Phi) is 9.69. The third kappa shape index (κ3) is 7.02. The number of nitrogens with zero attached hydrogens (tertiary/aromatic N) is 6. The van der Waals surface area contributed by atoms with Gasteiger partial charge in [-0.1, -0.05) is 6.58 Å². The number of aliphatic hydroxyl groups excluding tert-OH is 5. The van der Waals surface area contributed by atoms with E-state index >= 15 is 0 Å². The molecular formula is C27H33N10O15P2+. The molecule has 0 saturated carbocycles. The van der Waals surface area contributed by atoms with Crippen LogP contribution in [-0.2, 0) is 27.2 Å². The number of benzene rings is 1. The van der Waals surface area contributed by atoms with Gasteiger partial charge in [0.2, 0.25) is 5.52 Å². The fraction of sp³-hybridized carbons (Fsp3) is 0.407. The second-order valence-electron chi connectivity index (χ2n) is 12.4. The first-order valence-electron chi connectivity index (χ1n) is 15.7. The highest BCUT2D eigenvalue weighted by molar-refractivity contribution is 7.61. The van der Waals surface area contributed by atoms with E-state index in [9.17, 15) is 54.0 Å². The summed E-state index contributed by atoms with van der Waals surface area (Å²) >= 11 is 0. The highest BCUT2D eigenvalue weighted by Crippen LogP contribution is 2.60. The lowest BCUT2D eigenvalue weighted by molar-refractivity contribution is -0.459. The van der Waals surface area contributed by atoms with Gasteiger partial charge in [0.15, 0.2) is 29.7 Å². The van der Waals surface area contributed by atoms with Crippen LogP contribution in [0.15, 0.2) is 28.0 Å². The lowest BCUT2D eigenvalue weighted by Gasteiger charge is -2.27. The van der Waals surface area contributed by atoms with Crippen LogP contribution in [0.3, 0.4) is 0 Å². The van der Waals surface area contributed by atoms with Crippen molar-refractivity contribution in [3.05, 3.63) is 56.3 Å². The Balaban J connectivity index is 0.989. The maximum absolute atomic E-state index is 12.6. The zero-order chi connectivity index (χ0) is 39.0. The van der Waals surface area contributed by atoms with Crippen LogP contribution in [0.4, 0.5) is 17.3 Å². The van der Waals surface area contributed by atoms with E-state index < -0.39 is 89.2 Å². The number of nitrogens with two attached hydrogens (primary N) is 1. The molecule has 290 valence electrons. The molecule has 12 N–H and O–H groups in total. The molecule has 2 unspecified atom stereocenters. The molecule has 1 aromatic carbocycles. The standard InChI is InChI=1S/C27H32N10O15P2/c1-9-3-11-12(4-10(9)2)35(22-16(31-11)24(43)33-26(44)32-22)5-13(38)18(40)14(39)6-49-53(45,46)52-54(47,48)50-7-15-19(41)20(42)25(51-15)36-23-17(37-27(36)34-37)21(28)29-8-30-23/h3-5,8,13-15,18-20,25,27,34,38-42H,2,6-7H2,1H3,(H5-,28,29,30,32,33,43,44,45,46,47,48)/p+1/b35-5+/t13-,14+,15+,18-,19+,20+,25+,27-,37?/m0/s1. The van der Waals surface area contributed by atoms with Crippen molar-refractivity contribution in [3.8, 4) is 0 Å². The molecular weight excluding hydrogens is 766 g/mol. The summed E-state index contributed by atoms with van der Waals surface area (Å²) in [6, 6.07) is 3.11. The predicted octanol–water partition coefficient (Wildman–Crippen LogP) is -4.94. The van der Waals surface area contributed by atoms with E-state index in [4.69, 9.17) is 15.0 Å². The first kappa shape index (κ1) is 38.0. The van der Waals surface area contributed by atoms with Gasteiger partial charge in [0, 0.05) is 0 Å². The lowest BCUT2D eigenvalue weighted by Crippen LogP contribution is -2.46. The molecule has 4 aromatic rings. The number of H-pyrrole nitrogens is 2. The molecule has 3 aliphatic heterocycles. The van der Waals surface area contributed by atoms with Crippen LogP contribution < -0.4 is 41.8 Å². The van der Waals surface area contributed by atoms with E-state index in [0.717, 1.165) is 10.5 Å². The highest BCUT2D eigenvalue weighted by atomic mass is 31.3. The van der Waals surface area contributed by atoms with E-state index in [1.54, 1.807) is 18.0 Å². The summed E-state index contributed by atoms with van der Waals surface area (Å²) < 4.78 is 45.5.